The molecule has 0 aliphatic rings. The van der Waals surface area contributed by atoms with Crippen molar-refractivity contribution in [2.75, 3.05) is 0 Å². The van der Waals surface area contributed by atoms with Gasteiger partial charge in [0, 0.05) is 4.90 Å². The molecule has 0 N–H and O–H groups in total. The highest BCUT2D eigenvalue weighted by atomic mass is 32.2. The standard InChI is InChI=1S/C16H14FNOS/c1-11-3-4-12(2)16(7-11)20(19)10-13-5-6-15(17)14(8-13)9-18/h3-8H,10H2,1-2H3. The number of benzene rings is 2. The number of halogens is 1. The van der Waals surface area contributed by atoms with Crippen LogP contribution in [-0.2, 0) is 16.6 Å². The first-order chi connectivity index (χ1) is 9.51. The molecule has 1 atom stereocenters. The van der Waals surface area contributed by atoms with Gasteiger partial charge in [0.1, 0.15) is 11.9 Å². The van der Waals surface area contributed by atoms with Crippen LogP contribution in [0.2, 0.25) is 0 Å². The summed E-state index contributed by atoms with van der Waals surface area (Å²) < 4.78 is 25.7. The second-order valence-corrected chi connectivity index (χ2v) is 6.10. The Labute approximate surface area is 120 Å². The van der Waals surface area contributed by atoms with Gasteiger partial charge in [0.25, 0.3) is 0 Å². The molecule has 2 aromatic rings. The molecule has 102 valence electrons. The van der Waals surface area contributed by atoms with E-state index in [1.54, 1.807) is 12.1 Å². The molecule has 2 aromatic carbocycles. The van der Waals surface area contributed by atoms with Gasteiger partial charge in [-0.2, -0.15) is 5.26 Å². The maximum Gasteiger partial charge on any atom is 0.140 e. The number of nitrogens with zero attached hydrogens (tertiary/aromatic N) is 1. The van der Waals surface area contributed by atoms with E-state index < -0.39 is 16.6 Å². The third-order valence-corrected chi connectivity index (χ3v) is 4.56. The van der Waals surface area contributed by atoms with Crippen molar-refractivity contribution in [1.82, 2.24) is 0 Å². The van der Waals surface area contributed by atoms with Crippen molar-refractivity contribution < 1.29 is 8.60 Å². The van der Waals surface area contributed by atoms with E-state index in [0.29, 0.717) is 5.56 Å². The second kappa shape index (κ2) is 5.98. The highest BCUT2D eigenvalue weighted by Gasteiger charge is 2.10. The van der Waals surface area contributed by atoms with Crippen LogP contribution < -0.4 is 0 Å². The molecule has 2 nitrogen and oxygen atoms in total. The van der Waals surface area contributed by atoms with Crippen LogP contribution in [0.5, 0.6) is 0 Å². The average molecular weight is 287 g/mol. The van der Waals surface area contributed by atoms with Gasteiger partial charge >= 0.3 is 0 Å². The first kappa shape index (κ1) is 14.4. The Hall–Kier alpha value is -1.99. The van der Waals surface area contributed by atoms with Crippen molar-refractivity contribution in [3.63, 3.8) is 0 Å². The Balaban J connectivity index is 2.28. The van der Waals surface area contributed by atoms with Gasteiger partial charge in [-0.3, -0.25) is 4.21 Å². The molecule has 20 heavy (non-hydrogen) atoms. The van der Waals surface area contributed by atoms with Gasteiger partial charge in [0.05, 0.1) is 22.1 Å². The lowest BCUT2D eigenvalue weighted by molar-refractivity contribution is 0.623. The fourth-order valence-corrected chi connectivity index (χ4v) is 3.31. The highest BCUT2D eigenvalue weighted by Crippen LogP contribution is 2.19. The van der Waals surface area contributed by atoms with E-state index in [2.05, 4.69) is 0 Å². The molecular formula is C16H14FNOS. The predicted octanol–water partition coefficient (Wildman–Crippen LogP) is 3.62. The van der Waals surface area contributed by atoms with Gasteiger partial charge in [0.15, 0.2) is 0 Å². The lowest BCUT2D eigenvalue weighted by Crippen LogP contribution is -2.00. The van der Waals surface area contributed by atoms with Gasteiger partial charge < -0.3 is 0 Å². The third-order valence-electron chi connectivity index (χ3n) is 3.04. The summed E-state index contributed by atoms with van der Waals surface area (Å²) in [5.41, 5.74) is 2.70. The number of hydrogen-bond donors (Lipinski definition) is 0. The maximum atomic E-state index is 13.2. The summed E-state index contributed by atoms with van der Waals surface area (Å²) in [5.74, 6) is -0.270. The van der Waals surface area contributed by atoms with E-state index in [4.69, 9.17) is 5.26 Å². The molecule has 0 aliphatic heterocycles. The van der Waals surface area contributed by atoms with E-state index in [1.807, 2.05) is 32.0 Å². The topological polar surface area (TPSA) is 40.9 Å². The van der Waals surface area contributed by atoms with Crippen LogP contribution in [-0.4, -0.2) is 4.21 Å². The summed E-state index contributed by atoms with van der Waals surface area (Å²) in [4.78, 5) is 0.785. The van der Waals surface area contributed by atoms with Crippen LogP contribution in [0.3, 0.4) is 0 Å². The largest absolute Gasteiger partial charge is 0.254 e. The summed E-state index contributed by atoms with van der Waals surface area (Å²) >= 11 is 0. The van der Waals surface area contributed by atoms with Crippen molar-refractivity contribution in [1.29, 1.82) is 5.26 Å². The minimum absolute atomic E-state index is 0.0135. The lowest BCUT2D eigenvalue weighted by Gasteiger charge is -2.08. The SMILES string of the molecule is Cc1ccc(C)c(S(=O)Cc2ccc(F)c(C#N)c2)c1. The number of aryl methyl sites for hydroxylation is 2. The summed E-state index contributed by atoms with van der Waals surface area (Å²) in [7, 11) is -1.20. The number of rotatable bonds is 3. The van der Waals surface area contributed by atoms with Crippen LogP contribution in [0.15, 0.2) is 41.3 Å². The molecule has 0 aliphatic carbocycles. The van der Waals surface area contributed by atoms with E-state index in [-0.39, 0.29) is 11.3 Å². The van der Waals surface area contributed by atoms with E-state index in [9.17, 15) is 8.60 Å². The van der Waals surface area contributed by atoms with Crippen molar-refractivity contribution in [3.8, 4) is 6.07 Å². The summed E-state index contributed by atoms with van der Waals surface area (Å²) in [6.07, 6.45) is 0. The molecule has 1 unspecified atom stereocenters. The highest BCUT2D eigenvalue weighted by molar-refractivity contribution is 7.84. The third kappa shape index (κ3) is 3.12. The molecule has 0 aromatic heterocycles. The Morgan fingerprint density at radius 2 is 1.95 bits per heavy atom. The van der Waals surface area contributed by atoms with Gasteiger partial charge in [-0.05, 0) is 48.7 Å². The minimum Gasteiger partial charge on any atom is -0.254 e. The molecule has 2 rings (SSSR count). The molecular weight excluding hydrogens is 273 g/mol. The summed E-state index contributed by atoms with van der Waals surface area (Å²) in [5, 5.41) is 8.81. The molecule has 0 heterocycles. The Bertz CT molecular complexity index is 719. The van der Waals surface area contributed by atoms with E-state index in [0.717, 1.165) is 16.0 Å². The Kier molecular flexibility index (Phi) is 4.31. The van der Waals surface area contributed by atoms with Crippen molar-refractivity contribution in [2.45, 2.75) is 24.5 Å². The summed E-state index contributed by atoms with van der Waals surface area (Å²) in [6, 6.07) is 11.9. The zero-order valence-electron chi connectivity index (χ0n) is 11.3. The van der Waals surface area contributed by atoms with Crippen molar-refractivity contribution >= 4 is 10.8 Å². The molecule has 0 fully saturated rings. The fraction of sp³-hybridized carbons (Fsp3) is 0.188. The quantitative estimate of drug-likeness (QED) is 0.865. The maximum absolute atomic E-state index is 13.2. The van der Waals surface area contributed by atoms with Crippen LogP contribution in [0, 0.1) is 31.0 Å². The monoisotopic (exact) mass is 287 g/mol. The van der Waals surface area contributed by atoms with Gasteiger partial charge in [-0.25, -0.2) is 4.39 Å². The molecule has 0 spiro atoms. The smallest absolute Gasteiger partial charge is 0.140 e. The first-order valence-corrected chi connectivity index (χ1v) is 7.47. The Morgan fingerprint density at radius 3 is 2.65 bits per heavy atom. The second-order valence-electron chi connectivity index (χ2n) is 4.68. The summed E-state index contributed by atoms with van der Waals surface area (Å²) in [6.45, 7) is 3.86. The van der Waals surface area contributed by atoms with Crippen molar-refractivity contribution in [3.05, 3.63) is 64.5 Å². The molecule has 0 saturated carbocycles. The van der Waals surface area contributed by atoms with Crippen LogP contribution >= 0.6 is 0 Å². The van der Waals surface area contributed by atoms with Crippen molar-refractivity contribution in [2.24, 2.45) is 0 Å². The fourth-order valence-electron chi connectivity index (χ4n) is 1.93. The van der Waals surface area contributed by atoms with Crippen LogP contribution in [0.25, 0.3) is 0 Å². The van der Waals surface area contributed by atoms with Gasteiger partial charge in [-0.1, -0.05) is 18.2 Å². The molecule has 0 saturated heterocycles. The zero-order valence-corrected chi connectivity index (χ0v) is 12.1. The average Bonchev–Trinajstić information content (AvgIpc) is 2.43. The van der Waals surface area contributed by atoms with Crippen LogP contribution in [0.1, 0.15) is 22.3 Å². The number of nitriles is 1. The normalized spacial score (nSPS) is 11.9. The first-order valence-electron chi connectivity index (χ1n) is 6.15. The van der Waals surface area contributed by atoms with E-state index >= 15 is 0 Å². The van der Waals surface area contributed by atoms with E-state index in [1.165, 1.54) is 12.1 Å². The lowest BCUT2D eigenvalue weighted by atomic mass is 10.1. The molecule has 0 radical (unpaired) electrons. The zero-order chi connectivity index (χ0) is 14.7. The minimum atomic E-state index is -1.20. The van der Waals surface area contributed by atoms with Crippen LogP contribution in [0.4, 0.5) is 4.39 Å². The molecule has 4 heteroatoms. The predicted molar refractivity (Wildman–Crippen MR) is 77.1 cm³/mol. The number of hydrogen-bond acceptors (Lipinski definition) is 2. The molecule has 0 amide bonds. The molecule has 0 bridgehead atoms. The van der Waals surface area contributed by atoms with Gasteiger partial charge in [0.2, 0.25) is 0 Å². The Morgan fingerprint density at radius 1 is 1.20 bits per heavy atom. The van der Waals surface area contributed by atoms with Gasteiger partial charge in [-0.15, -0.1) is 0 Å².